The quantitative estimate of drug-likeness (QED) is 0.535. The molecule has 4 rings (SSSR count). The second kappa shape index (κ2) is 10.7. The number of ether oxygens (including phenoxy) is 1. The predicted octanol–water partition coefficient (Wildman–Crippen LogP) is 2.45. The normalized spacial score (nSPS) is 23.9. The highest BCUT2D eigenvalue weighted by Crippen LogP contribution is 2.41. The van der Waals surface area contributed by atoms with E-state index in [9.17, 15) is 18.3 Å². The van der Waals surface area contributed by atoms with Gasteiger partial charge in [0.1, 0.15) is 28.6 Å². The lowest BCUT2D eigenvalue weighted by atomic mass is 9.84. The molecule has 2 heterocycles. The zero-order valence-electron chi connectivity index (χ0n) is 20.8. The van der Waals surface area contributed by atoms with Crippen molar-refractivity contribution in [3.63, 3.8) is 0 Å². The van der Waals surface area contributed by atoms with Crippen LogP contribution in [0.3, 0.4) is 0 Å². The molecule has 2 aromatic carbocycles. The average Bonchev–Trinajstić information content (AvgIpc) is 2.83. The van der Waals surface area contributed by atoms with Gasteiger partial charge in [-0.3, -0.25) is 4.79 Å². The van der Waals surface area contributed by atoms with Gasteiger partial charge in [0.05, 0.1) is 26.3 Å². The minimum atomic E-state index is -3.84. The number of carbonyl (C=O) groups excluding carboxylic acids is 1. The van der Waals surface area contributed by atoms with E-state index in [0.717, 1.165) is 12.1 Å². The first-order valence-electron chi connectivity index (χ1n) is 12.2. The van der Waals surface area contributed by atoms with Crippen molar-refractivity contribution in [3.05, 3.63) is 70.8 Å². The van der Waals surface area contributed by atoms with Gasteiger partial charge in [-0.2, -0.15) is 4.31 Å². The van der Waals surface area contributed by atoms with E-state index < -0.39 is 51.3 Å². The number of nitrogens with zero attached hydrogens (tertiary/aromatic N) is 2. The van der Waals surface area contributed by atoms with Crippen LogP contribution >= 0.6 is 0 Å². The van der Waals surface area contributed by atoms with Gasteiger partial charge in [-0.1, -0.05) is 30.3 Å². The molecule has 2 saturated heterocycles. The third-order valence-corrected chi connectivity index (χ3v) is 9.62. The number of aliphatic hydroxyl groups is 2. The van der Waals surface area contributed by atoms with Gasteiger partial charge in [-0.25, -0.2) is 17.2 Å². The number of benzene rings is 2. The number of carbonyl (C=O) groups is 1. The molecule has 2 aliphatic rings. The molecule has 2 fully saturated rings. The van der Waals surface area contributed by atoms with Crippen molar-refractivity contribution in [1.82, 2.24) is 9.21 Å². The van der Waals surface area contributed by atoms with Gasteiger partial charge in [0, 0.05) is 30.6 Å². The molecule has 8 nitrogen and oxygen atoms in total. The number of amides is 1. The van der Waals surface area contributed by atoms with Crippen molar-refractivity contribution in [1.29, 1.82) is 0 Å². The van der Waals surface area contributed by atoms with Crippen LogP contribution in [0.25, 0.3) is 0 Å². The number of hydrogen-bond donors (Lipinski definition) is 2. The fourth-order valence-corrected chi connectivity index (χ4v) is 7.21. The zero-order valence-corrected chi connectivity index (χ0v) is 21.6. The standard InChI is InChI=1S/C26H32F2N2O6S/c1-17-8-9-25(19-6-4-3-5-7-19)37(34,35)30(17)12-20-10-24(28)22(11-23(20)27)26(36-14-21(33)13-31)15-29(16-26)18(2)32/h3-7,10-11,17,21,25,31,33H,8-9,12-16H2,1-2H3/t17-,21?,25+/m0/s1. The van der Waals surface area contributed by atoms with Crippen LogP contribution in [-0.2, 0) is 31.7 Å². The lowest BCUT2D eigenvalue weighted by molar-refractivity contribution is -0.181. The van der Waals surface area contributed by atoms with Gasteiger partial charge in [0.15, 0.2) is 0 Å². The number of rotatable bonds is 8. The number of aliphatic hydroxyl groups excluding tert-OH is 2. The molecule has 0 radical (unpaired) electrons. The highest BCUT2D eigenvalue weighted by Gasteiger charge is 2.49. The van der Waals surface area contributed by atoms with Crippen LogP contribution in [0.4, 0.5) is 8.78 Å². The van der Waals surface area contributed by atoms with Crippen molar-refractivity contribution >= 4 is 15.9 Å². The number of sulfonamides is 1. The molecule has 3 atom stereocenters. The molecule has 0 saturated carbocycles. The Morgan fingerprint density at radius 2 is 1.84 bits per heavy atom. The molecule has 37 heavy (non-hydrogen) atoms. The molecule has 0 aromatic heterocycles. The van der Waals surface area contributed by atoms with Crippen molar-refractivity contribution in [2.75, 3.05) is 26.3 Å². The molecular formula is C26H32F2N2O6S. The molecule has 1 unspecified atom stereocenters. The Bertz CT molecular complexity index is 1240. The fraction of sp³-hybridized carbons (Fsp3) is 0.500. The van der Waals surface area contributed by atoms with Crippen LogP contribution in [0, 0.1) is 11.6 Å². The van der Waals surface area contributed by atoms with E-state index in [1.54, 1.807) is 37.3 Å². The molecule has 1 amide bonds. The third-order valence-electron chi connectivity index (χ3n) is 7.25. The first kappa shape index (κ1) is 27.6. The van der Waals surface area contributed by atoms with E-state index in [4.69, 9.17) is 9.84 Å². The maximum Gasteiger partial charge on any atom is 0.221 e. The Balaban J connectivity index is 1.62. The number of likely N-dealkylation sites (tertiary alicyclic amines) is 1. The monoisotopic (exact) mass is 538 g/mol. The average molecular weight is 539 g/mol. The van der Waals surface area contributed by atoms with Gasteiger partial charge in [0.2, 0.25) is 15.9 Å². The SMILES string of the molecule is CC(=O)N1CC(OCC(O)CO)(c2cc(F)c(CN3[C@@H](C)CC[C@H](c4ccccc4)S3(=O)=O)cc2F)C1. The lowest BCUT2D eigenvalue weighted by Crippen LogP contribution is -2.63. The summed E-state index contributed by atoms with van der Waals surface area (Å²) in [5, 5.41) is 18.0. The van der Waals surface area contributed by atoms with Crippen LogP contribution in [0.15, 0.2) is 42.5 Å². The van der Waals surface area contributed by atoms with E-state index in [1.165, 1.54) is 16.1 Å². The topological polar surface area (TPSA) is 107 Å². The third kappa shape index (κ3) is 5.42. The maximum absolute atomic E-state index is 15.4. The minimum absolute atomic E-state index is 0.0491. The second-order valence-electron chi connectivity index (χ2n) is 9.86. The molecule has 202 valence electrons. The van der Waals surface area contributed by atoms with Crippen molar-refractivity contribution in [2.24, 2.45) is 0 Å². The van der Waals surface area contributed by atoms with Crippen LogP contribution in [-0.4, -0.2) is 72.2 Å². The van der Waals surface area contributed by atoms with Crippen LogP contribution in [0.5, 0.6) is 0 Å². The van der Waals surface area contributed by atoms with Crippen LogP contribution < -0.4 is 0 Å². The highest BCUT2D eigenvalue weighted by molar-refractivity contribution is 7.89. The zero-order chi connectivity index (χ0) is 27.0. The number of halogens is 2. The van der Waals surface area contributed by atoms with Gasteiger partial charge in [-0.15, -0.1) is 0 Å². The molecule has 2 N–H and O–H groups in total. The minimum Gasteiger partial charge on any atom is -0.394 e. The van der Waals surface area contributed by atoms with Gasteiger partial charge in [-0.05, 0) is 37.5 Å². The summed E-state index contributed by atoms with van der Waals surface area (Å²) in [6, 6.07) is 10.4. The fourth-order valence-electron chi connectivity index (χ4n) is 5.02. The second-order valence-corrected chi connectivity index (χ2v) is 11.9. The Kier molecular flexibility index (Phi) is 8.01. The molecule has 0 bridgehead atoms. The molecule has 2 aliphatic heterocycles. The van der Waals surface area contributed by atoms with Crippen molar-refractivity contribution < 1.29 is 36.9 Å². The Morgan fingerprint density at radius 1 is 1.16 bits per heavy atom. The summed E-state index contributed by atoms with van der Waals surface area (Å²) in [6.07, 6.45) is -0.211. The summed E-state index contributed by atoms with van der Waals surface area (Å²) < 4.78 is 64.7. The largest absolute Gasteiger partial charge is 0.394 e. The van der Waals surface area contributed by atoms with Crippen LogP contribution in [0.1, 0.15) is 48.6 Å². The molecule has 11 heteroatoms. The van der Waals surface area contributed by atoms with Gasteiger partial charge < -0.3 is 19.8 Å². The summed E-state index contributed by atoms with van der Waals surface area (Å²) in [5.74, 6) is -1.87. The molecule has 2 aromatic rings. The van der Waals surface area contributed by atoms with E-state index in [2.05, 4.69) is 0 Å². The smallest absolute Gasteiger partial charge is 0.221 e. The summed E-state index contributed by atoms with van der Waals surface area (Å²) in [6.45, 7) is 1.76. The first-order chi connectivity index (χ1) is 17.5. The first-order valence-corrected chi connectivity index (χ1v) is 13.7. The maximum atomic E-state index is 15.4. The predicted molar refractivity (Wildman–Crippen MR) is 132 cm³/mol. The van der Waals surface area contributed by atoms with E-state index in [-0.39, 0.29) is 43.3 Å². The Hall–Kier alpha value is -2.44. The van der Waals surface area contributed by atoms with Crippen molar-refractivity contribution in [2.45, 2.75) is 56.2 Å². The number of hydrogen-bond acceptors (Lipinski definition) is 6. The molecule has 0 spiro atoms. The summed E-state index contributed by atoms with van der Waals surface area (Å²) in [7, 11) is -3.84. The van der Waals surface area contributed by atoms with E-state index >= 15 is 8.78 Å². The molecule has 0 aliphatic carbocycles. The highest BCUT2D eigenvalue weighted by atomic mass is 32.2. The summed E-state index contributed by atoms with van der Waals surface area (Å²) in [4.78, 5) is 13.1. The lowest BCUT2D eigenvalue weighted by Gasteiger charge is -2.50. The van der Waals surface area contributed by atoms with Crippen molar-refractivity contribution in [3.8, 4) is 0 Å². The molecular weight excluding hydrogens is 506 g/mol. The van der Waals surface area contributed by atoms with Gasteiger partial charge in [0.25, 0.3) is 0 Å². The summed E-state index contributed by atoms with van der Waals surface area (Å²) in [5.41, 5.74) is -0.980. The Labute approximate surface area is 215 Å². The van der Waals surface area contributed by atoms with Crippen LogP contribution in [0.2, 0.25) is 0 Å². The Morgan fingerprint density at radius 3 is 2.46 bits per heavy atom. The van der Waals surface area contributed by atoms with E-state index in [1.807, 2.05) is 0 Å². The van der Waals surface area contributed by atoms with Gasteiger partial charge >= 0.3 is 0 Å². The summed E-state index contributed by atoms with van der Waals surface area (Å²) >= 11 is 0. The van der Waals surface area contributed by atoms with E-state index in [0.29, 0.717) is 18.4 Å².